The van der Waals surface area contributed by atoms with E-state index in [1.807, 2.05) is 32.9 Å². The summed E-state index contributed by atoms with van der Waals surface area (Å²) in [7, 11) is 0. The average Bonchev–Trinajstić information content (AvgIpc) is 3.21. The molecular formula is C52H61N3O4. The smallest absolute Gasteiger partial charge is 0.197 e. The van der Waals surface area contributed by atoms with Crippen molar-refractivity contribution in [1.29, 1.82) is 0 Å². The molecule has 4 atom stereocenters. The molecule has 0 aromatic heterocycles. The molecule has 0 amide bonds. The SMILES string of the molecule is Cc1cc(C(c2ccc3c(c2)=CCC(C(c2cc(C)c(N=O)cc2C)c2cc(C)c(OC(C)OC4CCCCC4)cc2C)C=3)c2cc(C)c(ON)cc2C)c(C)cc1N. The van der Waals surface area contributed by atoms with Gasteiger partial charge in [-0.3, -0.25) is 0 Å². The van der Waals surface area contributed by atoms with Crippen molar-refractivity contribution in [3.63, 3.8) is 0 Å². The summed E-state index contributed by atoms with van der Waals surface area (Å²) in [6, 6.07) is 24.1. The zero-order valence-electron chi connectivity index (χ0n) is 36.4. The maximum atomic E-state index is 11.8. The van der Waals surface area contributed by atoms with Crippen LogP contribution in [-0.4, -0.2) is 12.4 Å². The van der Waals surface area contributed by atoms with Gasteiger partial charge in [0, 0.05) is 17.5 Å². The van der Waals surface area contributed by atoms with Crippen molar-refractivity contribution in [2.75, 3.05) is 5.73 Å². The van der Waals surface area contributed by atoms with Crippen LogP contribution in [0.1, 0.15) is 130 Å². The Morgan fingerprint density at radius 2 is 1.24 bits per heavy atom. The summed E-state index contributed by atoms with van der Waals surface area (Å²) in [4.78, 5) is 17.0. The van der Waals surface area contributed by atoms with Gasteiger partial charge in [0.1, 0.15) is 17.2 Å². The number of nitrogen functional groups attached to an aromatic ring is 1. The molecule has 308 valence electrons. The normalized spacial score (nSPS) is 16.9. The summed E-state index contributed by atoms with van der Waals surface area (Å²) < 4.78 is 12.8. The predicted molar refractivity (Wildman–Crippen MR) is 242 cm³/mol. The van der Waals surface area contributed by atoms with Crippen molar-refractivity contribution in [2.45, 2.75) is 125 Å². The highest BCUT2D eigenvalue weighted by molar-refractivity contribution is 5.60. The van der Waals surface area contributed by atoms with E-state index in [0.29, 0.717) is 11.4 Å². The molecule has 4 N–H and O–H groups in total. The Hall–Kier alpha value is -5.24. The van der Waals surface area contributed by atoms with Gasteiger partial charge >= 0.3 is 0 Å². The Kier molecular flexibility index (Phi) is 12.5. The number of fused-ring (bicyclic) bond motifs is 1. The van der Waals surface area contributed by atoms with Crippen LogP contribution in [0.3, 0.4) is 0 Å². The van der Waals surface area contributed by atoms with E-state index in [1.54, 1.807) is 0 Å². The van der Waals surface area contributed by atoms with Gasteiger partial charge in [-0.2, -0.15) is 5.90 Å². The molecule has 2 aliphatic carbocycles. The van der Waals surface area contributed by atoms with Gasteiger partial charge in [-0.1, -0.05) is 73.9 Å². The van der Waals surface area contributed by atoms with E-state index in [2.05, 4.69) is 113 Å². The second-order valence-corrected chi connectivity index (χ2v) is 17.4. The minimum Gasteiger partial charge on any atom is -0.465 e. The number of nitroso groups, excluding NO2 is 1. The standard InChI is InChI=1S/C52H61N3O4/c1-29-23-47(53)33(5)19-43(29)51(46-22-36(8)50(59-54)26-32(46)4)40-17-15-39-28-41(18-16-38(39)27-40)52(44-20-34(6)48(55-56)24-30(44)2)45-21-35(7)49(25-31(45)3)58-37(9)57-42-13-11-10-12-14-42/h15-17,19-28,37,41-42,51-52H,10-14,18,53-54H2,1-9H3. The van der Waals surface area contributed by atoms with Crippen molar-refractivity contribution in [3.8, 4) is 11.5 Å². The topological polar surface area (TPSA) is 109 Å². The molecule has 0 spiro atoms. The van der Waals surface area contributed by atoms with E-state index in [1.165, 1.54) is 63.1 Å². The summed E-state index contributed by atoms with van der Waals surface area (Å²) in [5.74, 6) is 7.36. The molecule has 2 aliphatic rings. The van der Waals surface area contributed by atoms with Crippen LogP contribution in [0, 0.1) is 66.2 Å². The fourth-order valence-corrected chi connectivity index (χ4v) is 9.68. The molecule has 7 heteroatoms. The van der Waals surface area contributed by atoms with E-state index in [0.717, 1.165) is 69.6 Å². The lowest BCUT2D eigenvalue weighted by molar-refractivity contribution is -0.117. The zero-order valence-corrected chi connectivity index (χ0v) is 36.4. The zero-order chi connectivity index (χ0) is 42.1. The Balaban J connectivity index is 1.30. The van der Waals surface area contributed by atoms with Gasteiger partial charge in [-0.25, -0.2) is 0 Å². The third-order valence-electron chi connectivity index (χ3n) is 13.0. The summed E-state index contributed by atoms with van der Waals surface area (Å²) in [5.41, 5.74) is 22.3. The number of anilines is 1. The van der Waals surface area contributed by atoms with Crippen LogP contribution in [0.15, 0.2) is 71.9 Å². The van der Waals surface area contributed by atoms with Crippen molar-refractivity contribution in [1.82, 2.24) is 0 Å². The molecule has 0 heterocycles. The van der Waals surface area contributed by atoms with Crippen molar-refractivity contribution in [3.05, 3.63) is 154 Å². The third kappa shape index (κ3) is 8.73. The van der Waals surface area contributed by atoms with Gasteiger partial charge in [0.15, 0.2) is 6.29 Å². The lowest BCUT2D eigenvalue weighted by atomic mass is 9.73. The van der Waals surface area contributed by atoms with Gasteiger partial charge < -0.3 is 20.0 Å². The van der Waals surface area contributed by atoms with Crippen LogP contribution in [0.2, 0.25) is 0 Å². The second kappa shape index (κ2) is 17.5. The number of hydrogen-bond donors (Lipinski definition) is 2. The van der Waals surface area contributed by atoms with Crippen LogP contribution in [0.5, 0.6) is 11.5 Å². The number of benzene rings is 5. The molecule has 1 saturated carbocycles. The molecule has 0 bridgehead atoms. The van der Waals surface area contributed by atoms with Crippen molar-refractivity contribution in [2.24, 2.45) is 17.0 Å². The highest BCUT2D eigenvalue weighted by Gasteiger charge is 2.30. The largest absolute Gasteiger partial charge is 0.465 e. The lowest BCUT2D eigenvalue weighted by Crippen LogP contribution is -2.32. The second-order valence-electron chi connectivity index (χ2n) is 17.4. The van der Waals surface area contributed by atoms with E-state index in [-0.39, 0.29) is 30.1 Å². The Morgan fingerprint density at radius 3 is 1.93 bits per heavy atom. The fraction of sp³-hybridized carbons (Fsp3) is 0.385. The Morgan fingerprint density at radius 1 is 0.644 bits per heavy atom. The number of ether oxygens (including phenoxy) is 2. The Labute approximate surface area is 350 Å². The molecule has 0 saturated heterocycles. The maximum absolute atomic E-state index is 11.8. The first kappa shape index (κ1) is 41.9. The van der Waals surface area contributed by atoms with E-state index in [4.69, 9.17) is 25.9 Å². The molecule has 7 rings (SSSR count). The first-order chi connectivity index (χ1) is 28.3. The molecule has 5 aromatic carbocycles. The van der Waals surface area contributed by atoms with Gasteiger partial charge in [-0.15, -0.1) is 4.91 Å². The number of nitrogens with two attached hydrogens (primary N) is 2. The number of nitrogens with zero attached hydrogens (tertiary/aromatic N) is 1. The van der Waals surface area contributed by atoms with Gasteiger partial charge in [0.2, 0.25) is 0 Å². The number of hydrogen-bond acceptors (Lipinski definition) is 7. The van der Waals surface area contributed by atoms with Crippen molar-refractivity contribution >= 4 is 23.5 Å². The molecule has 1 fully saturated rings. The lowest BCUT2D eigenvalue weighted by Gasteiger charge is -2.31. The van der Waals surface area contributed by atoms with Crippen LogP contribution >= 0.6 is 0 Å². The number of rotatable bonds is 12. The highest BCUT2D eigenvalue weighted by Crippen LogP contribution is 2.43. The summed E-state index contributed by atoms with van der Waals surface area (Å²) in [5, 5.41) is 5.78. The molecule has 4 unspecified atom stereocenters. The molecule has 0 aliphatic heterocycles. The van der Waals surface area contributed by atoms with E-state index >= 15 is 0 Å². The Bertz CT molecular complexity index is 2520. The fourth-order valence-electron chi connectivity index (χ4n) is 9.68. The quantitative estimate of drug-likeness (QED) is 0.0428. The van der Waals surface area contributed by atoms with Gasteiger partial charge in [0.05, 0.1) is 6.10 Å². The van der Waals surface area contributed by atoms with E-state index in [9.17, 15) is 4.91 Å². The monoisotopic (exact) mass is 791 g/mol. The summed E-state index contributed by atoms with van der Waals surface area (Å²) in [6.45, 7) is 18.8. The van der Waals surface area contributed by atoms with Crippen molar-refractivity contribution < 1.29 is 14.3 Å². The van der Waals surface area contributed by atoms with E-state index < -0.39 is 0 Å². The summed E-state index contributed by atoms with van der Waals surface area (Å²) in [6.07, 6.45) is 11.6. The molecule has 59 heavy (non-hydrogen) atoms. The first-order valence-corrected chi connectivity index (χ1v) is 21.3. The first-order valence-electron chi connectivity index (χ1n) is 21.3. The molecule has 7 nitrogen and oxygen atoms in total. The third-order valence-corrected chi connectivity index (χ3v) is 13.0. The van der Waals surface area contributed by atoms with Gasteiger partial charge in [0.25, 0.3) is 0 Å². The highest BCUT2D eigenvalue weighted by atomic mass is 16.7. The molecule has 0 radical (unpaired) electrons. The van der Waals surface area contributed by atoms with Crippen LogP contribution in [-0.2, 0) is 4.74 Å². The summed E-state index contributed by atoms with van der Waals surface area (Å²) >= 11 is 0. The minimum atomic E-state index is -0.325. The van der Waals surface area contributed by atoms with Crippen LogP contribution < -0.4 is 31.6 Å². The van der Waals surface area contributed by atoms with Crippen LogP contribution in [0.25, 0.3) is 12.2 Å². The maximum Gasteiger partial charge on any atom is 0.197 e. The number of aryl methyl sites for hydroxylation is 8. The van der Waals surface area contributed by atoms with Crippen LogP contribution in [0.4, 0.5) is 11.4 Å². The minimum absolute atomic E-state index is 0.0262. The predicted octanol–water partition coefficient (Wildman–Crippen LogP) is 11.1. The van der Waals surface area contributed by atoms with Gasteiger partial charge in [-0.05, 0) is 200 Å². The average molecular weight is 792 g/mol. The molecular weight excluding hydrogens is 731 g/mol. The molecule has 5 aromatic rings.